The van der Waals surface area contributed by atoms with E-state index >= 15 is 0 Å². The molecule has 0 spiro atoms. The molecule has 0 saturated carbocycles. The minimum absolute atomic E-state index is 0. The van der Waals surface area contributed by atoms with Gasteiger partial charge in [0.25, 0.3) is 0 Å². The third-order valence-electron chi connectivity index (χ3n) is 18.8. The fourth-order valence-electron chi connectivity index (χ4n) is 12.1. The van der Waals surface area contributed by atoms with Crippen LogP contribution in [0.5, 0.6) is 28.7 Å². The van der Waals surface area contributed by atoms with Crippen LogP contribution in [0.1, 0.15) is 73.7 Å². The molecule has 30 nitrogen and oxygen atoms in total. The molecule has 0 saturated heterocycles. The first kappa shape index (κ1) is 123. The Balaban J connectivity index is 0.000000268. The number of aromatic nitrogens is 20. The van der Waals surface area contributed by atoms with Crippen LogP contribution in [0.15, 0.2) is 180 Å². The van der Waals surface area contributed by atoms with Gasteiger partial charge in [0.1, 0.15) is 33.0 Å². The maximum atomic E-state index is 13.2. The molecule has 5 heterocycles. The zero-order valence-electron chi connectivity index (χ0n) is 72.8. The number of alkyl halides is 15. The number of halogens is 23. The third kappa shape index (κ3) is 31.3. The summed E-state index contributed by atoms with van der Waals surface area (Å²) < 4.78 is 236. The Morgan fingerprint density at radius 3 is 0.851 bits per heavy atom. The number of ether oxygens (including phenoxy) is 5. The minimum atomic E-state index is -4.65. The van der Waals surface area contributed by atoms with E-state index in [1.54, 1.807) is 85.8 Å². The zero-order valence-corrected chi connectivity index (χ0v) is 95.3. The molecule has 0 N–H and O–H groups in total. The van der Waals surface area contributed by atoms with Crippen LogP contribution in [0.2, 0.25) is 30.1 Å². The van der Waals surface area contributed by atoms with Crippen molar-refractivity contribution in [2.75, 3.05) is 0 Å². The van der Waals surface area contributed by atoms with E-state index in [0.29, 0.717) is 71.1 Å². The third-order valence-corrected chi connectivity index (χ3v) is 22.0. The van der Waals surface area contributed by atoms with Crippen molar-refractivity contribution in [1.82, 2.24) is 99.0 Å². The standard InChI is InChI=1S/C18H15ClF3N4O2.C17H13ClF3N4O2.C16H10BrClF3N4O2.C16H10Cl2F3N4O2.C16H10ClF3IN4O2.5Y/c1-3-11-5-4-6-15(26-17(27)25(2)23-24-26)13(11)10-28-16-9-12(19)7-8-14(16)18(20,21)22;1-10-4-3-5-14(25-16(26)24(2)22-23-25)12(10)9-27-15-8-11(18)6-7-13(15)17(19,20)21;1-24-15(26)25(23-22-24)13-4-2-3-12(17)10(13)8-27-14-7-9(18)5-6-11(14)16(19,20)21;1-24-15(26)25(23-22-24)13-4-2-3-12(18)10(13)8-27-14-7-9(17)5-6-11(14)16(19,20)21;1-24-15(26)25(23-22-24)13-4-2-3-12(21)10(13)8-27-14-7-9(17)5-6-11(14)16(18,19)20;;;;;/h4-6,8-9H,3,10H2,1-2H3;3-5,7-8H,9H2,1-2H3;3*2-4,6-7H,8H2,1H3;;;;;/q5*-1;;;;;. The van der Waals surface area contributed by atoms with Crippen molar-refractivity contribution < 1.29 is 253 Å². The zero-order chi connectivity index (χ0) is 99.5. The number of benzene rings is 10. The molecule has 0 amide bonds. The van der Waals surface area contributed by atoms with E-state index in [0.717, 1.165) is 107 Å². The predicted octanol–water partition coefficient (Wildman–Crippen LogP) is 18.0. The van der Waals surface area contributed by atoms with Crippen LogP contribution in [0, 0.1) is 40.8 Å². The Hall–Kier alpha value is -7.03. The van der Waals surface area contributed by atoms with Gasteiger partial charge >= 0.3 is 59.3 Å². The van der Waals surface area contributed by atoms with Crippen LogP contribution in [0.4, 0.5) is 65.9 Å². The Kier molecular flexibility index (Phi) is 46.1. The fraction of sp³-hybridized carbons (Fsp3) is 0.217. The fourth-order valence-corrected chi connectivity index (χ4v) is 14.2. The molecule has 141 heavy (non-hydrogen) atoms. The molecule has 0 aliphatic heterocycles. The van der Waals surface area contributed by atoms with Crippen molar-refractivity contribution in [2.45, 2.75) is 84.2 Å². The van der Waals surface area contributed by atoms with Gasteiger partial charge < -0.3 is 23.7 Å². The summed E-state index contributed by atoms with van der Waals surface area (Å²) in [6, 6.07) is 45.1. The maximum Gasteiger partial charge on any atom is 0.373 e. The van der Waals surface area contributed by atoms with E-state index in [1.807, 2.05) is 29.5 Å². The molecule has 15 aromatic rings. The number of hydrogen-bond donors (Lipinski definition) is 0. The second-order valence-electron chi connectivity index (χ2n) is 27.8. The minimum Gasteiger partial charge on any atom is -0.514 e. The van der Waals surface area contributed by atoms with Gasteiger partial charge in [0, 0.05) is 268 Å². The molecule has 731 valence electrons. The van der Waals surface area contributed by atoms with Crippen molar-refractivity contribution in [1.29, 1.82) is 0 Å². The van der Waals surface area contributed by atoms with Crippen molar-refractivity contribution in [3.05, 3.63) is 339 Å². The van der Waals surface area contributed by atoms with Gasteiger partial charge in [-0.15, -0.1) is 88.3 Å². The van der Waals surface area contributed by atoms with Gasteiger partial charge in [-0.3, -0.25) is 0 Å². The van der Waals surface area contributed by atoms with Crippen molar-refractivity contribution in [3.8, 4) is 57.2 Å². The quantitative estimate of drug-likeness (QED) is 0.0366. The summed E-state index contributed by atoms with van der Waals surface area (Å²) in [7, 11) is 7.16. The van der Waals surface area contributed by atoms with Gasteiger partial charge in [-0.1, -0.05) is 102 Å². The molecule has 0 fully saturated rings. The van der Waals surface area contributed by atoms with E-state index in [9.17, 15) is 89.8 Å². The largest absolute Gasteiger partial charge is 0.514 e. The smallest absolute Gasteiger partial charge is 0.373 e. The first-order valence-electron chi connectivity index (χ1n) is 38.0. The topological polar surface area (TPSA) is 310 Å². The molecule has 0 unspecified atom stereocenters. The van der Waals surface area contributed by atoms with Crippen molar-refractivity contribution in [3.63, 3.8) is 0 Å². The molecule has 5 aromatic heterocycles. The Morgan fingerprint density at radius 1 is 0.326 bits per heavy atom. The van der Waals surface area contributed by atoms with E-state index in [4.69, 9.17) is 93.3 Å². The molecule has 0 aliphatic rings. The summed E-state index contributed by atoms with van der Waals surface area (Å²) in [5.41, 5.74) is -2.13. The maximum absolute atomic E-state index is 13.2. The van der Waals surface area contributed by atoms with Crippen LogP contribution < -0.4 is 52.1 Å². The Morgan fingerprint density at radius 2 is 0.560 bits per heavy atom. The average molecular weight is 2640 g/mol. The molecule has 0 bridgehead atoms. The van der Waals surface area contributed by atoms with E-state index < -0.39 is 116 Å². The monoisotopic (exact) mass is 2640 g/mol. The van der Waals surface area contributed by atoms with E-state index in [1.165, 1.54) is 47.4 Å². The first-order valence-corrected chi connectivity index (χ1v) is 42.1. The molecule has 0 atom stereocenters. The van der Waals surface area contributed by atoms with Crippen LogP contribution in [-0.4, -0.2) is 99.0 Å². The summed E-state index contributed by atoms with van der Waals surface area (Å²) >= 11 is 40.3. The number of rotatable bonds is 21. The molecule has 10 aromatic carbocycles. The van der Waals surface area contributed by atoms with Crippen LogP contribution >= 0.6 is 108 Å². The average Bonchev–Trinajstić information content (AvgIpc) is 1.73. The summed E-state index contributed by atoms with van der Waals surface area (Å²) in [5.74, 6) is -2.20. The molecule has 58 heteroatoms. The van der Waals surface area contributed by atoms with Crippen LogP contribution in [-0.2, 0) is 269 Å². The SMILES string of the molecule is CCc1cccc(-n2nnn(C)c2=O)c1COc1cc(Cl)[c-]cc1C(F)(F)F.Cc1cccc(-n2nnn(C)c2=O)c1COc1cc(Cl)[c-]cc1C(F)(F)F.Cn1nnn(-c2cccc(Br)c2COc2cc(Cl)[c-]cc2C(F)(F)F)c1=O.Cn1nnn(-c2cccc(Cl)c2COc2cc(Cl)[c-]cc2C(F)(F)F)c1=O.Cn1nnn(-c2cccc(I)c2COc2cc(Cl)[c-]cc2C(F)(F)F)c1=O.[Y].[Y].[Y].[Y].[Y]. The number of aryl methyl sites for hydroxylation is 7. The number of nitrogens with zero attached hydrogens (tertiary/aromatic N) is 20. The normalized spacial score (nSPS) is 11.2. The predicted molar refractivity (Wildman–Crippen MR) is 471 cm³/mol. The number of hydrogen-bond acceptors (Lipinski definition) is 20. The van der Waals surface area contributed by atoms with Crippen LogP contribution in [0.25, 0.3) is 28.4 Å². The van der Waals surface area contributed by atoms with Gasteiger partial charge in [-0.05, 0) is 176 Å². The molecular formula is C83H58BrCl6F15IN20O10Y5-5. The number of tetrazole rings is 5. The van der Waals surface area contributed by atoms with Gasteiger partial charge in [0.2, 0.25) is 0 Å². The molecule has 15 rings (SSSR count). The van der Waals surface area contributed by atoms with Gasteiger partial charge in [0.05, 0.1) is 28.4 Å². The second kappa shape index (κ2) is 53.0. The van der Waals surface area contributed by atoms with Gasteiger partial charge in [-0.25, -0.2) is 24.0 Å². The van der Waals surface area contributed by atoms with E-state index in [-0.39, 0.29) is 238 Å². The van der Waals surface area contributed by atoms with Gasteiger partial charge in [0.15, 0.2) is 0 Å². The summed E-state index contributed by atoms with van der Waals surface area (Å²) in [6.45, 7) is 2.32. The Labute approximate surface area is 964 Å². The molecular weight excluding hydrogens is 2590 g/mol. The summed E-state index contributed by atoms with van der Waals surface area (Å²) in [5, 5.41) is 37.1. The second-order valence-corrected chi connectivity index (χ2v) is 32.2. The van der Waals surface area contributed by atoms with Crippen LogP contribution in [0.3, 0.4) is 0 Å². The first-order chi connectivity index (χ1) is 63.9. The Bertz CT molecular complexity index is 6560. The van der Waals surface area contributed by atoms with Crippen molar-refractivity contribution >= 4 is 108 Å². The summed E-state index contributed by atoms with van der Waals surface area (Å²) in [4.78, 5) is 60.7. The molecule has 5 radical (unpaired) electrons. The van der Waals surface area contributed by atoms with E-state index in [2.05, 4.69) is 98.4 Å². The van der Waals surface area contributed by atoms with Gasteiger partial charge in [-0.2, -0.15) is 173 Å². The summed E-state index contributed by atoms with van der Waals surface area (Å²) in [6.07, 6.45) is -22.6. The van der Waals surface area contributed by atoms with Crippen molar-refractivity contribution in [2.24, 2.45) is 35.2 Å². The molecule has 0 aliphatic carbocycles.